The third kappa shape index (κ3) is 22.8. The first-order valence-electron chi connectivity index (χ1n) is 15.7. The van der Waals surface area contributed by atoms with Crippen molar-refractivity contribution in [1.82, 2.24) is 5.32 Å². The van der Waals surface area contributed by atoms with Gasteiger partial charge in [-0.05, 0) is 95.2 Å². The molecule has 3 aliphatic rings. The molecule has 5 N–H and O–H groups in total. The molecular formula is C32H68N2O2. The van der Waals surface area contributed by atoms with Crippen LogP contribution >= 0.6 is 0 Å². The first-order valence-corrected chi connectivity index (χ1v) is 15.7. The Balaban J connectivity index is 0. The van der Waals surface area contributed by atoms with Crippen molar-refractivity contribution < 1.29 is 10.2 Å². The summed E-state index contributed by atoms with van der Waals surface area (Å²) in [7, 11) is 2.94. The van der Waals surface area contributed by atoms with Gasteiger partial charge < -0.3 is 21.3 Å². The van der Waals surface area contributed by atoms with Crippen LogP contribution in [0.25, 0.3) is 0 Å². The van der Waals surface area contributed by atoms with Crippen molar-refractivity contribution in [3.05, 3.63) is 12.7 Å². The highest BCUT2D eigenvalue weighted by Gasteiger charge is 2.27. The molecule has 3 aliphatic carbocycles. The van der Waals surface area contributed by atoms with E-state index in [4.69, 9.17) is 15.9 Å². The zero-order valence-corrected chi connectivity index (χ0v) is 25.1. The van der Waals surface area contributed by atoms with Gasteiger partial charge in [-0.3, -0.25) is 0 Å². The fraction of sp³-hybridized carbons (Fsp3) is 0.938. The number of aliphatic hydroxyl groups excluding tert-OH is 2. The zero-order valence-electron chi connectivity index (χ0n) is 25.1. The summed E-state index contributed by atoms with van der Waals surface area (Å²) in [5.74, 6) is 4.18. The van der Waals surface area contributed by atoms with Gasteiger partial charge in [0.15, 0.2) is 0 Å². The Hall–Kier alpha value is -0.420. The number of nitrogens with one attached hydrogen (secondary N) is 1. The van der Waals surface area contributed by atoms with Gasteiger partial charge in [0.05, 0.1) is 0 Å². The third-order valence-electron chi connectivity index (χ3n) is 8.14. The van der Waals surface area contributed by atoms with E-state index in [1.807, 2.05) is 7.05 Å². The van der Waals surface area contributed by atoms with Gasteiger partial charge in [-0.1, -0.05) is 90.6 Å². The lowest BCUT2D eigenvalue weighted by Gasteiger charge is -2.35. The van der Waals surface area contributed by atoms with Gasteiger partial charge in [0.25, 0.3) is 0 Å². The second-order valence-corrected chi connectivity index (χ2v) is 10.9. The molecule has 3 fully saturated rings. The van der Waals surface area contributed by atoms with E-state index in [1.54, 1.807) is 25.7 Å². The van der Waals surface area contributed by atoms with Crippen LogP contribution in [0.4, 0.5) is 0 Å². The van der Waals surface area contributed by atoms with Crippen molar-refractivity contribution in [2.24, 2.45) is 29.4 Å². The third-order valence-corrected chi connectivity index (χ3v) is 8.14. The van der Waals surface area contributed by atoms with Crippen molar-refractivity contribution in [3.8, 4) is 0 Å². The zero-order chi connectivity index (χ0) is 27.3. The van der Waals surface area contributed by atoms with Gasteiger partial charge in [0, 0.05) is 13.7 Å². The lowest BCUT2D eigenvalue weighted by Crippen LogP contribution is -2.23. The van der Waals surface area contributed by atoms with Crippen molar-refractivity contribution in [3.63, 3.8) is 0 Å². The number of aliphatic hydroxyl groups is 2. The van der Waals surface area contributed by atoms with E-state index >= 15 is 0 Å². The summed E-state index contributed by atoms with van der Waals surface area (Å²) in [6, 6.07) is 0. The van der Waals surface area contributed by atoms with E-state index in [0.717, 1.165) is 63.1 Å². The van der Waals surface area contributed by atoms with Crippen molar-refractivity contribution in [2.45, 2.75) is 136 Å². The number of rotatable bonds is 9. The summed E-state index contributed by atoms with van der Waals surface area (Å²) in [6.07, 6.45) is 28.9. The molecule has 4 nitrogen and oxygen atoms in total. The lowest BCUT2D eigenvalue weighted by atomic mass is 9.71. The van der Waals surface area contributed by atoms with E-state index in [1.165, 1.54) is 77.0 Å². The molecule has 0 heterocycles. The second-order valence-electron chi connectivity index (χ2n) is 10.9. The Morgan fingerprint density at radius 3 is 1.67 bits per heavy atom. The molecule has 0 saturated heterocycles. The smallest absolute Gasteiger partial charge is 0.0431 e. The quantitative estimate of drug-likeness (QED) is 0.187. The normalized spacial score (nSPS) is 22.2. The summed E-state index contributed by atoms with van der Waals surface area (Å²) < 4.78 is 0. The van der Waals surface area contributed by atoms with Crippen molar-refractivity contribution in [1.29, 1.82) is 0 Å². The molecule has 0 aromatic heterocycles. The molecule has 0 amide bonds. The van der Waals surface area contributed by atoms with Crippen LogP contribution in [-0.4, -0.2) is 44.1 Å². The molecule has 0 unspecified atom stereocenters. The molecule has 0 radical (unpaired) electrons. The number of hydrogen-bond acceptors (Lipinski definition) is 4. The maximum absolute atomic E-state index is 8.35. The molecule has 0 atom stereocenters. The lowest BCUT2D eigenvalue weighted by molar-refractivity contribution is 0.165. The Kier molecular flexibility index (Phi) is 32.3. The summed E-state index contributed by atoms with van der Waals surface area (Å²) in [6.45, 7) is 10.4. The highest BCUT2D eigenvalue weighted by Crippen LogP contribution is 2.40. The van der Waals surface area contributed by atoms with Crippen LogP contribution < -0.4 is 11.1 Å². The van der Waals surface area contributed by atoms with Crippen LogP contribution in [0.15, 0.2) is 12.7 Å². The molecular weight excluding hydrogens is 444 g/mol. The number of unbranched alkanes of at least 4 members (excludes halogenated alkanes) is 2. The summed E-state index contributed by atoms with van der Waals surface area (Å²) in [5.41, 5.74) is 5.03. The van der Waals surface area contributed by atoms with Gasteiger partial charge in [-0.2, -0.15) is 0 Å². The molecule has 3 saturated carbocycles. The Bertz CT molecular complexity index is 391. The van der Waals surface area contributed by atoms with Crippen LogP contribution in [0, 0.1) is 23.7 Å². The van der Waals surface area contributed by atoms with Gasteiger partial charge in [0.1, 0.15) is 0 Å². The molecule has 0 bridgehead atoms. The van der Waals surface area contributed by atoms with Crippen LogP contribution in [0.1, 0.15) is 136 Å². The first kappa shape index (κ1) is 37.7. The average Bonchev–Trinajstić information content (AvgIpc) is 2.98. The maximum Gasteiger partial charge on any atom is 0.0431 e. The largest absolute Gasteiger partial charge is 0.400 e. The molecule has 0 spiro atoms. The first-order chi connectivity index (χ1) is 17.7. The minimum Gasteiger partial charge on any atom is -0.400 e. The molecule has 0 aliphatic heterocycles. The fourth-order valence-electron chi connectivity index (χ4n) is 5.63. The van der Waals surface area contributed by atoms with Crippen molar-refractivity contribution >= 4 is 0 Å². The minimum atomic E-state index is 0.337. The standard InChI is InChI=1S/C14H26.C8H14.C6H15NO.C3H9N.CH4O/c1-2-12-8-10-14(11-9-12)13-6-4-3-5-7-13;1-2-8-6-4-3-5-7-8;1-7-5-3-2-4-6-8;1-2-3-4;1-2/h12-14H,2-11H2,1H3;2,8H,1,3-7H2;7-8H,2-6H2,1H3;2-4H2,1H3;2H,1H3. The topological polar surface area (TPSA) is 78.5 Å². The number of nitrogens with two attached hydrogens (primary N) is 1. The molecule has 218 valence electrons. The van der Waals surface area contributed by atoms with Gasteiger partial charge in [0.2, 0.25) is 0 Å². The fourth-order valence-corrected chi connectivity index (χ4v) is 5.63. The molecule has 0 aromatic carbocycles. The Labute approximate surface area is 227 Å². The van der Waals surface area contributed by atoms with E-state index in [-0.39, 0.29) is 0 Å². The van der Waals surface area contributed by atoms with Crippen molar-refractivity contribution in [2.75, 3.05) is 33.9 Å². The SMILES string of the molecule is C=CC1CCCCC1.CCC1CCC(C2CCCCC2)CC1.CCCN.CNCCCCCO.CO. The minimum absolute atomic E-state index is 0.337. The maximum atomic E-state index is 8.35. The van der Waals surface area contributed by atoms with Crippen LogP contribution in [-0.2, 0) is 0 Å². The highest BCUT2D eigenvalue weighted by atomic mass is 16.3. The Morgan fingerprint density at radius 2 is 1.28 bits per heavy atom. The van der Waals surface area contributed by atoms with E-state index in [9.17, 15) is 0 Å². The predicted octanol–water partition coefficient (Wildman–Crippen LogP) is 7.87. The Morgan fingerprint density at radius 1 is 0.778 bits per heavy atom. The summed E-state index contributed by atoms with van der Waals surface area (Å²) in [5, 5.41) is 18.4. The van der Waals surface area contributed by atoms with Gasteiger partial charge >= 0.3 is 0 Å². The van der Waals surface area contributed by atoms with Crippen LogP contribution in [0.5, 0.6) is 0 Å². The van der Waals surface area contributed by atoms with Crippen LogP contribution in [0.3, 0.4) is 0 Å². The molecule has 3 rings (SSSR count). The predicted molar refractivity (Wildman–Crippen MR) is 161 cm³/mol. The number of allylic oxidation sites excluding steroid dienone is 1. The molecule has 36 heavy (non-hydrogen) atoms. The van der Waals surface area contributed by atoms with Crippen LogP contribution in [0.2, 0.25) is 0 Å². The van der Waals surface area contributed by atoms with E-state index in [0.29, 0.717) is 6.61 Å². The van der Waals surface area contributed by atoms with E-state index < -0.39 is 0 Å². The summed E-state index contributed by atoms with van der Waals surface area (Å²) in [4.78, 5) is 0. The molecule has 4 heteroatoms. The number of hydrogen-bond donors (Lipinski definition) is 4. The molecule has 0 aromatic rings. The second kappa shape index (κ2) is 30.8. The monoisotopic (exact) mass is 513 g/mol. The highest BCUT2D eigenvalue weighted by molar-refractivity contribution is 4.81. The van der Waals surface area contributed by atoms with E-state index in [2.05, 4.69) is 31.8 Å². The van der Waals surface area contributed by atoms with Gasteiger partial charge in [-0.25, -0.2) is 0 Å². The van der Waals surface area contributed by atoms with Gasteiger partial charge in [-0.15, -0.1) is 6.58 Å². The summed E-state index contributed by atoms with van der Waals surface area (Å²) >= 11 is 0. The average molecular weight is 513 g/mol.